The molecule has 3 atom stereocenters. The summed E-state index contributed by atoms with van der Waals surface area (Å²) in [7, 11) is -2.03. The van der Waals surface area contributed by atoms with Crippen LogP contribution >= 0.6 is 0 Å². The number of carbonyl (C=O) groups is 1. The third-order valence-corrected chi connectivity index (χ3v) is 9.75. The van der Waals surface area contributed by atoms with Crippen molar-refractivity contribution in [2.24, 2.45) is 5.92 Å². The Bertz CT molecular complexity index is 713. The van der Waals surface area contributed by atoms with Crippen molar-refractivity contribution in [1.29, 1.82) is 0 Å². The van der Waals surface area contributed by atoms with Gasteiger partial charge >= 0.3 is 5.97 Å². The van der Waals surface area contributed by atoms with Gasteiger partial charge in [-0.3, -0.25) is 4.79 Å². The monoisotopic (exact) mass is 368 g/mol. The summed E-state index contributed by atoms with van der Waals surface area (Å²) in [6, 6.07) is 19.6. The maximum Gasteiger partial charge on any atom is 0.312 e. The van der Waals surface area contributed by atoms with Gasteiger partial charge in [0.1, 0.15) is 6.61 Å². The predicted molar refractivity (Wildman–Crippen MR) is 109 cm³/mol. The number of benzene rings is 2. The third-order valence-electron chi connectivity index (χ3n) is 5.29. The third kappa shape index (κ3) is 4.51. The minimum absolute atomic E-state index is 0.0163. The summed E-state index contributed by atoms with van der Waals surface area (Å²) in [5.41, 5.74) is 0.718. The first kappa shape index (κ1) is 20.1. The Morgan fingerprint density at radius 2 is 1.65 bits per heavy atom. The molecular formula is C22H28O3Si. The molecule has 0 aliphatic heterocycles. The first-order valence-electron chi connectivity index (χ1n) is 8.95. The molecule has 0 aromatic heterocycles. The summed E-state index contributed by atoms with van der Waals surface area (Å²) in [4.78, 5) is 12.8. The second kappa shape index (κ2) is 8.97. The van der Waals surface area contributed by atoms with Crippen LogP contribution in [0.3, 0.4) is 0 Å². The Hall–Kier alpha value is -2.17. The molecule has 0 heterocycles. The number of esters is 1. The van der Waals surface area contributed by atoms with Crippen LogP contribution in [-0.4, -0.2) is 25.8 Å². The zero-order valence-corrected chi connectivity index (χ0v) is 16.8. The van der Waals surface area contributed by atoms with E-state index < -0.39 is 20.1 Å². The van der Waals surface area contributed by atoms with Crippen LogP contribution in [0.25, 0.3) is 0 Å². The highest BCUT2D eigenvalue weighted by atomic mass is 28.3. The van der Waals surface area contributed by atoms with Crippen molar-refractivity contribution in [3.05, 3.63) is 78.9 Å². The van der Waals surface area contributed by atoms with Crippen LogP contribution in [0, 0.1) is 5.92 Å². The Kier molecular flexibility index (Phi) is 6.95. The quantitative estimate of drug-likeness (QED) is 0.434. The van der Waals surface area contributed by atoms with Gasteiger partial charge in [0.05, 0.1) is 20.1 Å². The van der Waals surface area contributed by atoms with Gasteiger partial charge in [0.15, 0.2) is 0 Å². The Balaban J connectivity index is 2.39. The van der Waals surface area contributed by atoms with Crippen molar-refractivity contribution in [3.63, 3.8) is 0 Å². The molecule has 0 amide bonds. The van der Waals surface area contributed by atoms with E-state index in [1.165, 1.54) is 5.19 Å². The molecule has 3 nitrogen and oxygen atoms in total. The number of rotatable bonds is 8. The Labute approximate surface area is 157 Å². The smallest absolute Gasteiger partial charge is 0.312 e. The molecule has 2 aromatic rings. The number of carbonyl (C=O) groups excluding carboxylic acids is 1. The highest BCUT2D eigenvalue weighted by Crippen LogP contribution is 2.38. The fraction of sp³-hybridized carbons (Fsp3) is 0.318. The van der Waals surface area contributed by atoms with Crippen molar-refractivity contribution < 1.29 is 14.6 Å². The minimum Gasteiger partial charge on any atom is -0.461 e. The van der Waals surface area contributed by atoms with E-state index in [0.29, 0.717) is 0 Å². The molecule has 0 fully saturated rings. The minimum atomic E-state index is -2.03. The Morgan fingerprint density at radius 3 is 2.19 bits per heavy atom. The summed E-state index contributed by atoms with van der Waals surface area (Å²) in [5, 5.41) is 12.3. The summed E-state index contributed by atoms with van der Waals surface area (Å²) in [6.07, 6.45) is 0.646. The number of aliphatic hydroxyl groups excluding tert-OH is 1. The molecule has 4 heteroatoms. The second-order valence-corrected chi connectivity index (χ2v) is 12.1. The molecule has 26 heavy (non-hydrogen) atoms. The largest absolute Gasteiger partial charge is 0.461 e. The Morgan fingerprint density at radius 1 is 1.12 bits per heavy atom. The van der Waals surface area contributed by atoms with Gasteiger partial charge in [0.25, 0.3) is 0 Å². The molecule has 1 N–H and O–H groups in total. The van der Waals surface area contributed by atoms with Crippen molar-refractivity contribution in [2.45, 2.75) is 31.7 Å². The lowest BCUT2D eigenvalue weighted by atomic mass is 9.93. The van der Waals surface area contributed by atoms with Crippen molar-refractivity contribution in [1.82, 2.24) is 0 Å². The zero-order chi connectivity index (χ0) is 19.2. The number of ether oxygens (including phenoxy) is 1. The lowest BCUT2D eigenvalue weighted by Crippen LogP contribution is -2.50. The van der Waals surface area contributed by atoms with Crippen LogP contribution < -0.4 is 5.19 Å². The molecule has 0 radical (unpaired) electrons. The summed E-state index contributed by atoms with van der Waals surface area (Å²) >= 11 is 0. The van der Waals surface area contributed by atoms with Gasteiger partial charge in [0, 0.05) is 0 Å². The number of hydrogen-bond donors (Lipinski definition) is 1. The normalized spacial score (nSPS) is 14.9. The van der Waals surface area contributed by atoms with Crippen LogP contribution in [0.1, 0.15) is 18.6 Å². The number of aliphatic hydroxyl groups is 1. The highest BCUT2D eigenvalue weighted by Gasteiger charge is 2.43. The van der Waals surface area contributed by atoms with E-state index in [9.17, 15) is 9.90 Å². The van der Waals surface area contributed by atoms with Crippen LogP contribution in [0.5, 0.6) is 0 Å². The SMILES string of the molecule is C=CCOC(=O)[C@@H]([C@H](O)c1ccccc1)[C@H](C)[Si](C)(C)c1ccccc1. The van der Waals surface area contributed by atoms with Gasteiger partial charge in [0.2, 0.25) is 0 Å². The van der Waals surface area contributed by atoms with E-state index in [4.69, 9.17) is 4.74 Å². The van der Waals surface area contributed by atoms with Gasteiger partial charge in [-0.2, -0.15) is 0 Å². The lowest BCUT2D eigenvalue weighted by Gasteiger charge is -2.37. The highest BCUT2D eigenvalue weighted by molar-refractivity contribution is 6.91. The molecule has 138 valence electrons. The maximum atomic E-state index is 12.8. The number of hydrogen-bond acceptors (Lipinski definition) is 3. The van der Waals surface area contributed by atoms with E-state index >= 15 is 0 Å². The molecule has 0 saturated carbocycles. The maximum absolute atomic E-state index is 12.8. The predicted octanol–water partition coefficient (Wildman–Crippen LogP) is 4.07. The first-order chi connectivity index (χ1) is 12.4. The van der Waals surface area contributed by atoms with Crippen LogP contribution in [0.15, 0.2) is 73.3 Å². The van der Waals surface area contributed by atoms with E-state index in [1.807, 2.05) is 48.5 Å². The van der Waals surface area contributed by atoms with E-state index in [0.717, 1.165) is 5.56 Å². The molecule has 2 aromatic carbocycles. The average Bonchev–Trinajstić information content (AvgIpc) is 2.67. The fourth-order valence-electron chi connectivity index (χ4n) is 3.28. The van der Waals surface area contributed by atoms with Crippen molar-refractivity contribution >= 4 is 19.2 Å². The molecule has 0 bridgehead atoms. The average molecular weight is 369 g/mol. The van der Waals surface area contributed by atoms with Gasteiger partial charge in [-0.1, -0.05) is 98.5 Å². The first-order valence-corrected chi connectivity index (χ1v) is 12.0. The van der Waals surface area contributed by atoms with E-state index in [2.05, 4.69) is 38.7 Å². The summed E-state index contributed by atoms with van der Waals surface area (Å²) in [6.45, 7) is 10.3. The summed E-state index contributed by atoms with van der Waals surface area (Å²) in [5.74, 6) is -0.996. The van der Waals surface area contributed by atoms with E-state index in [-0.39, 0.29) is 18.1 Å². The molecule has 0 aliphatic rings. The standard InChI is InChI=1S/C22H28O3Si/c1-5-16-25-22(24)20(21(23)18-12-8-6-9-13-18)17(2)26(3,4)19-14-10-7-11-15-19/h5-15,17,20-21,23H,1,16H2,2-4H3/t17-,20+,21+/m0/s1. The molecule has 0 saturated heterocycles. The van der Waals surface area contributed by atoms with Gasteiger partial charge in [-0.25, -0.2) is 0 Å². The van der Waals surface area contributed by atoms with Crippen molar-refractivity contribution in [3.8, 4) is 0 Å². The van der Waals surface area contributed by atoms with Crippen LogP contribution in [0.2, 0.25) is 18.6 Å². The molecule has 0 unspecified atom stereocenters. The van der Waals surface area contributed by atoms with Gasteiger partial charge in [-0.15, -0.1) is 0 Å². The van der Waals surface area contributed by atoms with Crippen LogP contribution in [-0.2, 0) is 9.53 Å². The summed E-state index contributed by atoms with van der Waals surface area (Å²) < 4.78 is 5.35. The fourth-order valence-corrected chi connectivity index (χ4v) is 6.07. The molecule has 2 rings (SSSR count). The van der Waals surface area contributed by atoms with Gasteiger partial charge < -0.3 is 9.84 Å². The zero-order valence-electron chi connectivity index (χ0n) is 15.8. The molecular weight excluding hydrogens is 340 g/mol. The van der Waals surface area contributed by atoms with Crippen molar-refractivity contribution in [2.75, 3.05) is 6.61 Å². The topological polar surface area (TPSA) is 46.5 Å². The molecule has 0 aliphatic carbocycles. The molecule has 0 spiro atoms. The van der Waals surface area contributed by atoms with Crippen LogP contribution in [0.4, 0.5) is 0 Å². The van der Waals surface area contributed by atoms with E-state index in [1.54, 1.807) is 6.08 Å². The lowest BCUT2D eigenvalue weighted by molar-refractivity contribution is -0.151. The van der Waals surface area contributed by atoms with Gasteiger partial charge in [-0.05, 0) is 11.1 Å². The second-order valence-electron chi connectivity index (χ2n) is 7.18.